The van der Waals surface area contributed by atoms with Gasteiger partial charge in [-0.2, -0.15) is 0 Å². The van der Waals surface area contributed by atoms with Gasteiger partial charge >= 0.3 is 0 Å². The molecular formula is C15H13BrN4O. The van der Waals surface area contributed by atoms with E-state index in [1.165, 1.54) is 0 Å². The summed E-state index contributed by atoms with van der Waals surface area (Å²) >= 11 is 3.48. The van der Waals surface area contributed by atoms with Crippen LogP contribution in [0.5, 0.6) is 5.75 Å². The molecule has 0 radical (unpaired) electrons. The van der Waals surface area contributed by atoms with E-state index in [2.05, 4.69) is 30.5 Å². The van der Waals surface area contributed by atoms with E-state index in [1.807, 2.05) is 37.5 Å². The number of aromatic nitrogens is 4. The van der Waals surface area contributed by atoms with Gasteiger partial charge in [0.1, 0.15) is 23.9 Å². The Kier molecular flexibility index (Phi) is 2.85. The molecule has 0 saturated carbocycles. The zero-order valence-electron chi connectivity index (χ0n) is 11.4. The molecule has 5 nitrogen and oxygen atoms in total. The number of nitrogens with one attached hydrogen (secondary N) is 1. The van der Waals surface area contributed by atoms with Crippen molar-refractivity contribution in [3.63, 3.8) is 0 Å². The van der Waals surface area contributed by atoms with Crippen LogP contribution < -0.4 is 4.74 Å². The number of fused-ring (bicyclic) bond motifs is 3. The van der Waals surface area contributed by atoms with Crippen molar-refractivity contribution in [2.45, 2.75) is 13.5 Å². The molecular weight excluding hydrogens is 332 g/mol. The standard InChI is InChI=1S/C15H13BrN4O/c1-9-7-17-14(18-9)12-8-20-4-5-21-13-6-10(16)2-3-11(13)15(20)19-12/h2-3,6-8H,4-5H2,1H3,(H,17,18). The molecule has 3 aromatic rings. The Morgan fingerprint density at radius 3 is 3.05 bits per heavy atom. The molecule has 3 heterocycles. The van der Waals surface area contributed by atoms with Gasteiger partial charge in [0.25, 0.3) is 0 Å². The van der Waals surface area contributed by atoms with E-state index in [4.69, 9.17) is 9.72 Å². The lowest BCUT2D eigenvalue weighted by Crippen LogP contribution is -2.04. The molecule has 21 heavy (non-hydrogen) atoms. The maximum absolute atomic E-state index is 5.81. The van der Waals surface area contributed by atoms with Gasteiger partial charge in [-0.15, -0.1) is 0 Å². The highest BCUT2D eigenvalue weighted by molar-refractivity contribution is 9.10. The van der Waals surface area contributed by atoms with Gasteiger partial charge in [0.05, 0.1) is 17.8 Å². The maximum Gasteiger partial charge on any atom is 0.157 e. The fraction of sp³-hybridized carbons (Fsp3) is 0.200. The van der Waals surface area contributed by atoms with Crippen LogP contribution in [-0.2, 0) is 6.54 Å². The van der Waals surface area contributed by atoms with Crippen LogP contribution in [0.15, 0.2) is 35.1 Å². The van der Waals surface area contributed by atoms with Crippen molar-refractivity contribution in [3.05, 3.63) is 40.8 Å². The van der Waals surface area contributed by atoms with E-state index in [0.717, 1.165) is 45.4 Å². The highest BCUT2D eigenvalue weighted by Crippen LogP contribution is 2.35. The molecule has 0 fully saturated rings. The molecule has 0 aliphatic carbocycles. The van der Waals surface area contributed by atoms with Crippen molar-refractivity contribution in [1.82, 2.24) is 19.5 Å². The van der Waals surface area contributed by atoms with E-state index in [0.29, 0.717) is 6.61 Å². The smallest absolute Gasteiger partial charge is 0.157 e. The summed E-state index contributed by atoms with van der Waals surface area (Å²) in [6.45, 7) is 3.36. The van der Waals surface area contributed by atoms with Crippen LogP contribution in [0.4, 0.5) is 0 Å². The van der Waals surface area contributed by atoms with Crippen molar-refractivity contribution in [1.29, 1.82) is 0 Å². The zero-order valence-corrected chi connectivity index (χ0v) is 13.0. The molecule has 1 aliphatic rings. The van der Waals surface area contributed by atoms with Crippen LogP contribution in [0.1, 0.15) is 5.69 Å². The lowest BCUT2D eigenvalue weighted by atomic mass is 10.2. The summed E-state index contributed by atoms with van der Waals surface area (Å²) in [5.41, 5.74) is 2.82. The SMILES string of the molecule is Cc1c[nH]c(-c2cn3c(n2)-c2ccc(Br)cc2OCC3)n1. The lowest BCUT2D eigenvalue weighted by Gasteiger charge is -2.06. The Morgan fingerprint density at radius 1 is 1.33 bits per heavy atom. The summed E-state index contributed by atoms with van der Waals surface area (Å²) in [5.74, 6) is 2.57. The number of hydrogen-bond acceptors (Lipinski definition) is 3. The molecule has 4 rings (SSSR count). The summed E-state index contributed by atoms with van der Waals surface area (Å²) in [7, 11) is 0. The Bertz CT molecular complexity index is 821. The first-order valence-corrected chi connectivity index (χ1v) is 7.52. The molecule has 2 aromatic heterocycles. The van der Waals surface area contributed by atoms with E-state index in [-0.39, 0.29) is 0 Å². The predicted molar refractivity (Wildman–Crippen MR) is 83.2 cm³/mol. The molecule has 0 spiro atoms. The van der Waals surface area contributed by atoms with E-state index < -0.39 is 0 Å². The average molecular weight is 345 g/mol. The van der Waals surface area contributed by atoms with Gasteiger partial charge in [0.2, 0.25) is 0 Å². The third-order valence-electron chi connectivity index (χ3n) is 3.50. The largest absolute Gasteiger partial charge is 0.491 e. The van der Waals surface area contributed by atoms with Gasteiger partial charge < -0.3 is 14.3 Å². The van der Waals surface area contributed by atoms with Crippen molar-refractivity contribution in [2.24, 2.45) is 0 Å². The molecule has 1 aliphatic heterocycles. The van der Waals surface area contributed by atoms with Crippen LogP contribution in [-0.4, -0.2) is 26.1 Å². The lowest BCUT2D eigenvalue weighted by molar-refractivity contribution is 0.306. The van der Waals surface area contributed by atoms with Crippen molar-refractivity contribution < 1.29 is 4.74 Å². The number of aryl methyl sites for hydroxylation is 1. The van der Waals surface area contributed by atoms with Crippen LogP contribution in [0.25, 0.3) is 22.9 Å². The van der Waals surface area contributed by atoms with Gasteiger partial charge in [-0.3, -0.25) is 0 Å². The van der Waals surface area contributed by atoms with Gasteiger partial charge in [-0.05, 0) is 25.1 Å². The summed E-state index contributed by atoms with van der Waals surface area (Å²) in [6.07, 6.45) is 3.90. The summed E-state index contributed by atoms with van der Waals surface area (Å²) in [6, 6.07) is 6.01. The van der Waals surface area contributed by atoms with Crippen molar-refractivity contribution in [3.8, 4) is 28.7 Å². The number of ether oxygens (including phenoxy) is 1. The number of benzene rings is 1. The molecule has 0 atom stereocenters. The van der Waals surface area contributed by atoms with E-state index >= 15 is 0 Å². The fourth-order valence-electron chi connectivity index (χ4n) is 2.51. The number of hydrogen-bond donors (Lipinski definition) is 1. The van der Waals surface area contributed by atoms with Crippen molar-refractivity contribution in [2.75, 3.05) is 6.61 Å². The number of halogens is 1. The number of H-pyrrole nitrogens is 1. The number of aromatic amines is 1. The molecule has 0 amide bonds. The third kappa shape index (κ3) is 2.15. The maximum atomic E-state index is 5.81. The molecule has 0 bridgehead atoms. The topological polar surface area (TPSA) is 55.7 Å². The first-order chi connectivity index (χ1) is 10.2. The van der Waals surface area contributed by atoms with Crippen LogP contribution in [0, 0.1) is 6.92 Å². The Balaban J connectivity index is 1.87. The zero-order chi connectivity index (χ0) is 14.4. The van der Waals surface area contributed by atoms with E-state index in [1.54, 1.807) is 0 Å². The van der Waals surface area contributed by atoms with Crippen LogP contribution in [0.3, 0.4) is 0 Å². The number of nitrogens with zero attached hydrogens (tertiary/aromatic N) is 3. The number of imidazole rings is 2. The second-order valence-electron chi connectivity index (χ2n) is 5.02. The molecule has 0 saturated heterocycles. The second-order valence-corrected chi connectivity index (χ2v) is 5.94. The quantitative estimate of drug-likeness (QED) is 0.735. The molecule has 6 heteroatoms. The Morgan fingerprint density at radius 2 is 2.24 bits per heavy atom. The molecule has 106 valence electrons. The Labute approximate surface area is 130 Å². The minimum atomic E-state index is 0.628. The first kappa shape index (κ1) is 12.6. The predicted octanol–water partition coefficient (Wildman–Crippen LogP) is 3.40. The van der Waals surface area contributed by atoms with Gasteiger partial charge in [-0.1, -0.05) is 15.9 Å². The van der Waals surface area contributed by atoms with Crippen molar-refractivity contribution >= 4 is 15.9 Å². The second kappa shape index (κ2) is 4.73. The Hall–Kier alpha value is -2.08. The summed E-state index contributed by atoms with van der Waals surface area (Å²) in [4.78, 5) is 12.3. The molecule has 0 unspecified atom stereocenters. The van der Waals surface area contributed by atoms with E-state index in [9.17, 15) is 0 Å². The molecule has 1 aromatic carbocycles. The minimum Gasteiger partial charge on any atom is -0.491 e. The fourth-order valence-corrected chi connectivity index (χ4v) is 2.85. The highest BCUT2D eigenvalue weighted by atomic mass is 79.9. The molecule has 1 N–H and O–H groups in total. The van der Waals surface area contributed by atoms with Crippen LogP contribution >= 0.6 is 15.9 Å². The van der Waals surface area contributed by atoms with Crippen LogP contribution in [0.2, 0.25) is 0 Å². The third-order valence-corrected chi connectivity index (χ3v) is 3.99. The number of rotatable bonds is 1. The van der Waals surface area contributed by atoms with Gasteiger partial charge in [0.15, 0.2) is 5.82 Å². The highest BCUT2D eigenvalue weighted by Gasteiger charge is 2.19. The van der Waals surface area contributed by atoms with Gasteiger partial charge in [0, 0.05) is 16.9 Å². The minimum absolute atomic E-state index is 0.628. The summed E-state index contributed by atoms with van der Waals surface area (Å²) < 4.78 is 8.93. The monoisotopic (exact) mass is 344 g/mol. The average Bonchev–Trinajstić information content (AvgIpc) is 3.02. The normalized spacial score (nSPS) is 13.2. The first-order valence-electron chi connectivity index (χ1n) is 6.73. The summed E-state index contributed by atoms with van der Waals surface area (Å²) in [5, 5.41) is 0. The van der Waals surface area contributed by atoms with Gasteiger partial charge in [-0.25, -0.2) is 9.97 Å².